The molecular formula is C23H53N5O2S. The Balaban J connectivity index is 3.40. The quantitative estimate of drug-likeness (QED) is 0.132. The van der Waals surface area contributed by atoms with E-state index in [-0.39, 0.29) is 5.75 Å². The fourth-order valence-electron chi connectivity index (χ4n) is 3.45. The normalized spacial score (nSPS) is 13.0. The van der Waals surface area contributed by atoms with Gasteiger partial charge in [0.2, 0.25) is 0 Å². The molecule has 0 bridgehead atoms. The Morgan fingerprint density at radius 3 is 1.71 bits per heavy atom. The van der Waals surface area contributed by atoms with Crippen molar-refractivity contribution in [2.45, 2.75) is 95.8 Å². The van der Waals surface area contributed by atoms with Crippen molar-refractivity contribution >= 4 is 9.84 Å². The van der Waals surface area contributed by atoms with Crippen molar-refractivity contribution in [3.8, 4) is 0 Å². The van der Waals surface area contributed by atoms with Gasteiger partial charge in [0.1, 0.15) is 5.37 Å². The zero-order valence-corrected chi connectivity index (χ0v) is 21.1. The fraction of sp³-hybridized carbons (Fsp3) is 1.00. The van der Waals surface area contributed by atoms with Crippen LogP contribution in [-0.2, 0) is 9.84 Å². The van der Waals surface area contributed by atoms with Crippen LogP contribution in [0.2, 0.25) is 0 Å². The summed E-state index contributed by atoms with van der Waals surface area (Å²) >= 11 is 0. The van der Waals surface area contributed by atoms with Crippen molar-refractivity contribution in [3.05, 3.63) is 0 Å². The zero-order valence-electron chi connectivity index (χ0n) is 20.3. The van der Waals surface area contributed by atoms with E-state index in [1.807, 2.05) is 0 Å². The average molecular weight is 464 g/mol. The van der Waals surface area contributed by atoms with Gasteiger partial charge < -0.3 is 27.4 Å². The molecule has 7 N–H and O–H groups in total. The highest BCUT2D eigenvalue weighted by molar-refractivity contribution is 7.91. The third-order valence-electron chi connectivity index (χ3n) is 5.56. The van der Waals surface area contributed by atoms with Crippen molar-refractivity contribution in [3.63, 3.8) is 0 Å². The Hall–Kier alpha value is -0.250. The Kier molecular flexibility index (Phi) is 22.7. The van der Waals surface area contributed by atoms with E-state index in [9.17, 15) is 8.42 Å². The molecule has 0 saturated heterocycles. The summed E-state index contributed by atoms with van der Waals surface area (Å²) in [5, 5.41) is 9.61. The van der Waals surface area contributed by atoms with Crippen LogP contribution in [-0.4, -0.2) is 65.4 Å². The van der Waals surface area contributed by atoms with Crippen LogP contribution in [0.1, 0.15) is 90.4 Å². The molecule has 0 spiro atoms. The summed E-state index contributed by atoms with van der Waals surface area (Å²) in [7, 11) is -3.14. The van der Waals surface area contributed by atoms with Crippen molar-refractivity contribution in [2.24, 2.45) is 11.5 Å². The van der Waals surface area contributed by atoms with Gasteiger partial charge in [-0.1, -0.05) is 39.0 Å². The van der Waals surface area contributed by atoms with Crippen LogP contribution in [0, 0.1) is 0 Å². The number of hydrogen-bond donors (Lipinski definition) is 5. The van der Waals surface area contributed by atoms with Crippen LogP contribution in [0.25, 0.3) is 0 Å². The van der Waals surface area contributed by atoms with Gasteiger partial charge >= 0.3 is 0 Å². The van der Waals surface area contributed by atoms with E-state index in [1.165, 1.54) is 38.5 Å². The molecule has 0 aromatic carbocycles. The number of rotatable bonds is 25. The zero-order chi connectivity index (χ0) is 23.0. The van der Waals surface area contributed by atoms with E-state index >= 15 is 0 Å². The van der Waals surface area contributed by atoms with Crippen LogP contribution in [0.5, 0.6) is 0 Å². The van der Waals surface area contributed by atoms with Crippen molar-refractivity contribution in [1.29, 1.82) is 0 Å². The molecule has 0 heterocycles. The maximum Gasteiger partial charge on any atom is 0.165 e. The van der Waals surface area contributed by atoms with E-state index in [1.54, 1.807) is 0 Å². The molecule has 188 valence electrons. The minimum atomic E-state index is -3.14. The lowest BCUT2D eigenvalue weighted by atomic mass is 10.1. The van der Waals surface area contributed by atoms with Gasteiger partial charge in [-0.15, -0.1) is 0 Å². The maximum absolute atomic E-state index is 12.2. The highest BCUT2D eigenvalue weighted by atomic mass is 32.2. The molecule has 0 amide bonds. The van der Waals surface area contributed by atoms with Gasteiger partial charge in [0.05, 0.1) is 5.75 Å². The summed E-state index contributed by atoms with van der Waals surface area (Å²) in [5.41, 5.74) is 11.4. The number of nitrogens with two attached hydrogens (primary N) is 2. The van der Waals surface area contributed by atoms with E-state index in [2.05, 4.69) is 22.9 Å². The summed E-state index contributed by atoms with van der Waals surface area (Å²) in [5.74, 6) is 0.240. The molecule has 31 heavy (non-hydrogen) atoms. The second-order valence-corrected chi connectivity index (χ2v) is 11.0. The van der Waals surface area contributed by atoms with Gasteiger partial charge in [-0.3, -0.25) is 0 Å². The SMILES string of the molecule is CCCCCCCCS(=O)(=O)C(N)CCCNCCCNCCCCNCCCCN. The molecule has 1 atom stereocenters. The predicted octanol–water partition coefficient (Wildman–Crippen LogP) is 2.50. The van der Waals surface area contributed by atoms with Gasteiger partial charge in [-0.2, -0.15) is 0 Å². The monoisotopic (exact) mass is 463 g/mol. The van der Waals surface area contributed by atoms with Crippen molar-refractivity contribution in [2.75, 3.05) is 51.6 Å². The van der Waals surface area contributed by atoms with Crippen molar-refractivity contribution < 1.29 is 8.42 Å². The molecule has 0 aromatic heterocycles. The topological polar surface area (TPSA) is 122 Å². The van der Waals surface area contributed by atoms with E-state index in [0.717, 1.165) is 84.3 Å². The first kappa shape index (κ1) is 30.8. The highest BCUT2D eigenvalue weighted by Crippen LogP contribution is 2.10. The lowest BCUT2D eigenvalue weighted by Gasteiger charge is -2.13. The Morgan fingerprint density at radius 1 is 0.645 bits per heavy atom. The fourth-order valence-corrected chi connectivity index (χ4v) is 4.89. The molecule has 7 nitrogen and oxygen atoms in total. The third-order valence-corrected chi connectivity index (χ3v) is 7.57. The largest absolute Gasteiger partial charge is 0.330 e. The molecule has 0 aliphatic carbocycles. The first-order valence-corrected chi connectivity index (χ1v) is 14.6. The van der Waals surface area contributed by atoms with E-state index in [0.29, 0.717) is 6.42 Å². The van der Waals surface area contributed by atoms with Gasteiger partial charge in [0, 0.05) is 0 Å². The summed E-state index contributed by atoms with van der Waals surface area (Å²) < 4.78 is 24.5. The lowest BCUT2D eigenvalue weighted by Crippen LogP contribution is -2.33. The molecule has 0 fully saturated rings. The Morgan fingerprint density at radius 2 is 1.13 bits per heavy atom. The summed E-state index contributed by atoms with van der Waals surface area (Å²) in [4.78, 5) is 0. The molecule has 0 radical (unpaired) electrons. The molecule has 0 saturated carbocycles. The van der Waals surface area contributed by atoms with Crippen LogP contribution in [0.3, 0.4) is 0 Å². The summed E-state index contributed by atoms with van der Waals surface area (Å²) in [6.07, 6.45) is 13.6. The standard InChI is InChI=1S/C23H53N5O2S/c1-2-3-4-5-6-11-22-31(29,30)23(25)14-12-19-28-21-13-20-27-18-10-9-17-26-16-8-7-15-24/h23,26-28H,2-22,24-25H2,1H3. The molecule has 8 heteroatoms. The molecule has 0 aromatic rings. The summed E-state index contributed by atoms with van der Waals surface area (Å²) in [6, 6.07) is 0. The highest BCUT2D eigenvalue weighted by Gasteiger charge is 2.20. The van der Waals surface area contributed by atoms with Crippen LogP contribution < -0.4 is 27.4 Å². The second-order valence-electron chi connectivity index (χ2n) is 8.62. The van der Waals surface area contributed by atoms with Crippen molar-refractivity contribution in [1.82, 2.24) is 16.0 Å². The summed E-state index contributed by atoms with van der Waals surface area (Å²) in [6.45, 7) is 9.00. The predicted molar refractivity (Wildman–Crippen MR) is 135 cm³/mol. The van der Waals surface area contributed by atoms with Crippen LogP contribution >= 0.6 is 0 Å². The van der Waals surface area contributed by atoms with Crippen LogP contribution in [0.15, 0.2) is 0 Å². The van der Waals surface area contributed by atoms with Gasteiger partial charge in [-0.05, 0) is 97.2 Å². The van der Waals surface area contributed by atoms with E-state index in [4.69, 9.17) is 11.5 Å². The minimum Gasteiger partial charge on any atom is -0.330 e. The second kappa shape index (κ2) is 22.9. The van der Waals surface area contributed by atoms with Gasteiger partial charge in [0.15, 0.2) is 9.84 Å². The molecule has 0 aliphatic heterocycles. The Labute approximate surface area is 193 Å². The van der Waals surface area contributed by atoms with Gasteiger partial charge in [-0.25, -0.2) is 8.42 Å². The number of sulfone groups is 1. The van der Waals surface area contributed by atoms with Crippen LogP contribution in [0.4, 0.5) is 0 Å². The number of hydrogen-bond acceptors (Lipinski definition) is 7. The average Bonchev–Trinajstić information content (AvgIpc) is 2.75. The number of nitrogens with one attached hydrogen (secondary N) is 3. The smallest absolute Gasteiger partial charge is 0.165 e. The maximum atomic E-state index is 12.2. The molecule has 0 aliphatic rings. The third kappa shape index (κ3) is 21.4. The van der Waals surface area contributed by atoms with Gasteiger partial charge in [0.25, 0.3) is 0 Å². The first-order chi connectivity index (χ1) is 15.0. The molecular weight excluding hydrogens is 410 g/mol. The van der Waals surface area contributed by atoms with E-state index < -0.39 is 15.2 Å². The Bertz CT molecular complexity index is 463. The first-order valence-electron chi connectivity index (χ1n) is 12.8. The molecule has 0 rings (SSSR count). The number of unbranched alkanes of at least 4 members (excludes halogenated alkanes) is 7. The molecule has 1 unspecified atom stereocenters. The lowest BCUT2D eigenvalue weighted by molar-refractivity contribution is 0.537. The minimum absolute atomic E-state index is 0.240.